The van der Waals surface area contributed by atoms with Crippen molar-refractivity contribution in [2.45, 2.75) is 18.4 Å². The van der Waals surface area contributed by atoms with E-state index in [1.165, 1.54) is 11.3 Å². The molecule has 0 fully saturated rings. The van der Waals surface area contributed by atoms with Crippen LogP contribution in [0.3, 0.4) is 0 Å². The summed E-state index contributed by atoms with van der Waals surface area (Å²) in [6.07, 6.45) is 2.23. The summed E-state index contributed by atoms with van der Waals surface area (Å²) in [5.74, 6) is 0. The van der Waals surface area contributed by atoms with E-state index in [1.54, 1.807) is 0 Å². The predicted octanol–water partition coefficient (Wildman–Crippen LogP) is 2.29. The highest BCUT2D eigenvalue weighted by molar-refractivity contribution is 5.56. The van der Waals surface area contributed by atoms with E-state index in [0.717, 1.165) is 24.9 Å². The second kappa shape index (κ2) is 5.88. The van der Waals surface area contributed by atoms with Crippen molar-refractivity contribution in [1.82, 2.24) is 0 Å². The van der Waals surface area contributed by atoms with E-state index in [2.05, 4.69) is 29.2 Å². The smallest absolute Gasteiger partial charge is 0.119 e. The third-order valence-corrected chi connectivity index (χ3v) is 4.31. The lowest BCUT2D eigenvalue weighted by atomic mass is 9.91. The summed E-state index contributed by atoms with van der Waals surface area (Å²) < 4.78 is 0. The van der Waals surface area contributed by atoms with Gasteiger partial charge in [-0.2, -0.15) is 0 Å². The van der Waals surface area contributed by atoms with Gasteiger partial charge in [-0.25, -0.2) is 0 Å². The van der Waals surface area contributed by atoms with Crippen LogP contribution in [0.1, 0.15) is 17.5 Å². The van der Waals surface area contributed by atoms with Gasteiger partial charge in [-0.05, 0) is 30.0 Å². The molecule has 1 heterocycles. The number of aliphatic hydroxyl groups is 1. The zero-order chi connectivity index (χ0) is 14.7. The largest absolute Gasteiger partial charge is 0.382 e. The first kappa shape index (κ1) is 14.1. The molecule has 0 saturated carbocycles. The number of anilines is 1. The number of rotatable bonds is 4. The van der Waals surface area contributed by atoms with Gasteiger partial charge in [0.2, 0.25) is 0 Å². The fourth-order valence-corrected chi connectivity index (χ4v) is 3.11. The summed E-state index contributed by atoms with van der Waals surface area (Å²) in [5.41, 5.74) is 8.36. The van der Waals surface area contributed by atoms with Gasteiger partial charge in [-0.3, -0.25) is 0 Å². The Bertz CT molecular complexity index is 599. The van der Waals surface area contributed by atoms with Crippen LogP contribution < -0.4 is 10.6 Å². The Morgan fingerprint density at radius 3 is 2.52 bits per heavy atom. The Morgan fingerprint density at radius 2 is 1.76 bits per heavy atom. The van der Waals surface area contributed by atoms with E-state index in [0.29, 0.717) is 6.54 Å². The van der Waals surface area contributed by atoms with Crippen molar-refractivity contribution in [1.29, 1.82) is 0 Å². The summed E-state index contributed by atoms with van der Waals surface area (Å²) >= 11 is 0. The Morgan fingerprint density at radius 1 is 1.05 bits per heavy atom. The molecule has 0 aliphatic carbocycles. The van der Waals surface area contributed by atoms with Crippen molar-refractivity contribution in [2.75, 3.05) is 24.5 Å². The minimum Gasteiger partial charge on any atom is -0.382 e. The van der Waals surface area contributed by atoms with E-state index >= 15 is 0 Å². The zero-order valence-corrected chi connectivity index (χ0v) is 12.2. The second-order valence-corrected chi connectivity index (χ2v) is 5.76. The number of fused-ring (bicyclic) bond motifs is 1. The van der Waals surface area contributed by atoms with Crippen LogP contribution in [0.15, 0.2) is 54.6 Å². The predicted molar refractivity (Wildman–Crippen MR) is 86.4 cm³/mol. The van der Waals surface area contributed by atoms with E-state index in [1.807, 2.05) is 30.3 Å². The molecule has 110 valence electrons. The van der Waals surface area contributed by atoms with Crippen LogP contribution in [0.4, 0.5) is 5.69 Å². The van der Waals surface area contributed by atoms with Gasteiger partial charge in [0.1, 0.15) is 5.60 Å². The van der Waals surface area contributed by atoms with Crippen LogP contribution in [-0.2, 0) is 12.0 Å². The summed E-state index contributed by atoms with van der Waals surface area (Å²) in [6, 6.07) is 18.2. The fraction of sp³-hybridized carbons (Fsp3) is 0.333. The highest BCUT2D eigenvalue weighted by atomic mass is 16.3. The second-order valence-electron chi connectivity index (χ2n) is 5.76. The molecular formula is C18H22N2O. The molecule has 0 bridgehead atoms. The summed E-state index contributed by atoms with van der Waals surface area (Å²) in [5, 5.41) is 11.0. The number of hydrogen-bond acceptors (Lipinski definition) is 3. The number of β-amino-alcohol motifs (C(OH)–C–C–N with tert-alkyl or cyclic N) is 1. The fourth-order valence-electron chi connectivity index (χ4n) is 3.11. The van der Waals surface area contributed by atoms with Gasteiger partial charge < -0.3 is 15.7 Å². The molecule has 2 aromatic rings. The lowest BCUT2D eigenvalue weighted by molar-refractivity contribution is 0.0528. The van der Waals surface area contributed by atoms with Gasteiger partial charge in [-0.15, -0.1) is 0 Å². The lowest BCUT2D eigenvalue weighted by Crippen LogP contribution is -2.47. The van der Waals surface area contributed by atoms with Crippen molar-refractivity contribution in [3.05, 3.63) is 65.7 Å². The van der Waals surface area contributed by atoms with Crippen molar-refractivity contribution >= 4 is 5.69 Å². The van der Waals surface area contributed by atoms with E-state index in [-0.39, 0.29) is 6.54 Å². The van der Waals surface area contributed by atoms with E-state index in [9.17, 15) is 5.11 Å². The molecule has 1 unspecified atom stereocenters. The standard InChI is InChI=1S/C18H22N2O/c19-13-18(21,16-9-2-1-3-10-16)14-20-12-6-8-15-7-4-5-11-17(15)20/h1-5,7,9-11,21H,6,8,12-14,19H2. The Labute approximate surface area is 126 Å². The zero-order valence-electron chi connectivity index (χ0n) is 12.2. The molecule has 0 radical (unpaired) electrons. The van der Waals surface area contributed by atoms with Gasteiger partial charge in [0, 0.05) is 18.8 Å². The number of para-hydroxylation sites is 1. The first-order valence-corrected chi connectivity index (χ1v) is 7.54. The lowest BCUT2D eigenvalue weighted by Gasteiger charge is -2.38. The van der Waals surface area contributed by atoms with E-state index in [4.69, 9.17) is 5.73 Å². The molecule has 0 saturated heterocycles. The molecule has 1 atom stereocenters. The molecule has 0 spiro atoms. The highest BCUT2D eigenvalue weighted by Gasteiger charge is 2.31. The van der Waals surface area contributed by atoms with E-state index < -0.39 is 5.60 Å². The first-order chi connectivity index (χ1) is 10.2. The molecule has 2 aromatic carbocycles. The average Bonchev–Trinajstić information content (AvgIpc) is 2.56. The summed E-state index contributed by atoms with van der Waals surface area (Å²) in [4.78, 5) is 2.26. The number of aryl methyl sites for hydroxylation is 1. The van der Waals surface area contributed by atoms with Crippen LogP contribution in [0, 0.1) is 0 Å². The third kappa shape index (κ3) is 2.80. The number of hydrogen-bond donors (Lipinski definition) is 2. The normalized spacial score (nSPS) is 17.1. The molecule has 0 aromatic heterocycles. The van der Waals surface area contributed by atoms with Gasteiger partial charge in [-0.1, -0.05) is 48.5 Å². The van der Waals surface area contributed by atoms with Crippen LogP contribution in [0.25, 0.3) is 0 Å². The SMILES string of the molecule is NCC(O)(CN1CCCc2ccccc21)c1ccccc1. The molecular weight excluding hydrogens is 260 g/mol. The number of nitrogens with zero attached hydrogens (tertiary/aromatic N) is 1. The maximum atomic E-state index is 11.0. The summed E-state index contributed by atoms with van der Waals surface area (Å²) in [6.45, 7) is 1.71. The highest BCUT2D eigenvalue weighted by Crippen LogP contribution is 2.30. The monoisotopic (exact) mass is 282 g/mol. The van der Waals surface area contributed by atoms with Crippen LogP contribution in [-0.4, -0.2) is 24.7 Å². The maximum Gasteiger partial charge on any atom is 0.119 e. The average molecular weight is 282 g/mol. The van der Waals surface area contributed by atoms with Crippen LogP contribution in [0.2, 0.25) is 0 Å². The van der Waals surface area contributed by atoms with Crippen molar-refractivity contribution in [2.24, 2.45) is 5.73 Å². The Hall–Kier alpha value is -1.84. The van der Waals surface area contributed by atoms with Crippen molar-refractivity contribution < 1.29 is 5.11 Å². The summed E-state index contributed by atoms with van der Waals surface area (Å²) in [7, 11) is 0. The molecule has 21 heavy (non-hydrogen) atoms. The third-order valence-electron chi connectivity index (χ3n) is 4.31. The van der Waals surface area contributed by atoms with Crippen LogP contribution >= 0.6 is 0 Å². The Kier molecular flexibility index (Phi) is 3.95. The molecule has 3 rings (SSSR count). The van der Waals surface area contributed by atoms with Crippen molar-refractivity contribution in [3.8, 4) is 0 Å². The van der Waals surface area contributed by atoms with Crippen molar-refractivity contribution in [3.63, 3.8) is 0 Å². The molecule has 3 nitrogen and oxygen atoms in total. The van der Waals surface area contributed by atoms with Gasteiger partial charge in [0.25, 0.3) is 0 Å². The quantitative estimate of drug-likeness (QED) is 0.904. The number of nitrogens with two attached hydrogens (primary N) is 1. The minimum atomic E-state index is -1.01. The molecule has 3 heteroatoms. The Balaban J connectivity index is 1.89. The minimum absolute atomic E-state index is 0.218. The molecule has 3 N–H and O–H groups in total. The van der Waals surface area contributed by atoms with Gasteiger partial charge in [0.05, 0.1) is 6.54 Å². The first-order valence-electron chi connectivity index (χ1n) is 7.54. The molecule has 1 aliphatic rings. The van der Waals surface area contributed by atoms with Gasteiger partial charge in [0.15, 0.2) is 0 Å². The maximum absolute atomic E-state index is 11.0. The topological polar surface area (TPSA) is 49.5 Å². The number of benzene rings is 2. The molecule has 0 amide bonds. The van der Waals surface area contributed by atoms with Crippen LogP contribution in [0.5, 0.6) is 0 Å². The molecule has 1 aliphatic heterocycles. The van der Waals surface area contributed by atoms with Gasteiger partial charge >= 0.3 is 0 Å².